The third kappa shape index (κ3) is 3.26. The summed E-state index contributed by atoms with van der Waals surface area (Å²) in [5.41, 5.74) is 6.29. The van der Waals surface area contributed by atoms with Crippen LogP contribution in [0.25, 0.3) is 0 Å². The Bertz CT molecular complexity index is 712. The zero-order valence-electron chi connectivity index (χ0n) is 10.9. The molecule has 20 heavy (non-hydrogen) atoms. The average Bonchev–Trinajstić information content (AvgIpc) is 2.82. The molecule has 0 bridgehead atoms. The van der Waals surface area contributed by atoms with Crippen LogP contribution in [0.1, 0.15) is 11.4 Å². The maximum Gasteiger partial charge on any atom is 0.242 e. The first kappa shape index (κ1) is 15.2. The first-order valence-corrected chi connectivity index (χ1v) is 8.16. The highest BCUT2D eigenvalue weighted by Gasteiger charge is 2.18. The van der Waals surface area contributed by atoms with Gasteiger partial charge in [-0.3, -0.25) is 0 Å². The number of imidazole rings is 1. The van der Waals surface area contributed by atoms with Crippen molar-refractivity contribution >= 4 is 26.0 Å². The van der Waals surface area contributed by atoms with Crippen LogP contribution in [0, 0.1) is 0 Å². The van der Waals surface area contributed by atoms with Gasteiger partial charge in [0.2, 0.25) is 10.0 Å². The van der Waals surface area contributed by atoms with Crippen molar-refractivity contribution in [1.29, 1.82) is 0 Å². The van der Waals surface area contributed by atoms with Crippen molar-refractivity contribution in [2.75, 3.05) is 0 Å². The minimum atomic E-state index is -3.62. The van der Waals surface area contributed by atoms with Gasteiger partial charge in [-0.15, -0.1) is 0 Å². The third-order valence-electron chi connectivity index (χ3n) is 2.86. The van der Waals surface area contributed by atoms with Crippen LogP contribution in [0.15, 0.2) is 40.0 Å². The number of hydrogen-bond donors (Lipinski definition) is 2. The fourth-order valence-corrected chi connectivity index (χ4v) is 3.68. The van der Waals surface area contributed by atoms with E-state index in [9.17, 15) is 8.42 Å². The molecule has 0 spiro atoms. The van der Waals surface area contributed by atoms with Gasteiger partial charge in [0, 0.05) is 30.5 Å². The van der Waals surface area contributed by atoms with Crippen LogP contribution in [0.3, 0.4) is 0 Å². The molecular formula is C12H15BrN4O2S. The molecule has 0 saturated heterocycles. The second kappa shape index (κ2) is 6.04. The normalized spacial score (nSPS) is 11.8. The van der Waals surface area contributed by atoms with E-state index in [0.717, 1.165) is 5.56 Å². The van der Waals surface area contributed by atoms with Crippen molar-refractivity contribution in [2.45, 2.75) is 18.0 Å². The Morgan fingerprint density at radius 2 is 2.20 bits per heavy atom. The van der Waals surface area contributed by atoms with E-state index in [-0.39, 0.29) is 18.0 Å². The first-order valence-electron chi connectivity index (χ1n) is 5.88. The maximum absolute atomic E-state index is 12.3. The largest absolute Gasteiger partial charge is 0.337 e. The van der Waals surface area contributed by atoms with E-state index in [1.54, 1.807) is 35.2 Å². The van der Waals surface area contributed by atoms with Crippen LogP contribution in [0.5, 0.6) is 0 Å². The van der Waals surface area contributed by atoms with Crippen LogP contribution in [0.4, 0.5) is 0 Å². The molecule has 0 aliphatic carbocycles. The number of nitrogens with two attached hydrogens (primary N) is 1. The Balaban J connectivity index is 2.24. The molecule has 0 saturated carbocycles. The molecule has 1 aromatic carbocycles. The summed E-state index contributed by atoms with van der Waals surface area (Å²) in [6, 6.07) is 5.02. The van der Waals surface area contributed by atoms with Crippen LogP contribution in [-0.4, -0.2) is 18.0 Å². The monoisotopic (exact) mass is 358 g/mol. The molecule has 0 radical (unpaired) electrons. The number of aryl methyl sites for hydroxylation is 1. The number of nitrogens with one attached hydrogen (secondary N) is 1. The number of rotatable bonds is 5. The molecule has 0 unspecified atom stereocenters. The quantitative estimate of drug-likeness (QED) is 0.837. The summed E-state index contributed by atoms with van der Waals surface area (Å²) in [7, 11) is -1.82. The molecule has 8 heteroatoms. The second-order valence-corrected chi connectivity index (χ2v) is 6.84. The zero-order valence-corrected chi connectivity index (χ0v) is 13.3. The number of nitrogens with zero attached hydrogens (tertiary/aromatic N) is 2. The van der Waals surface area contributed by atoms with Gasteiger partial charge in [-0.1, -0.05) is 6.07 Å². The van der Waals surface area contributed by atoms with Gasteiger partial charge in [0.15, 0.2) is 0 Å². The highest BCUT2D eigenvalue weighted by molar-refractivity contribution is 9.10. The maximum atomic E-state index is 12.3. The van der Waals surface area contributed by atoms with Crippen LogP contribution >= 0.6 is 15.9 Å². The topological polar surface area (TPSA) is 90.0 Å². The van der Waals surface area contributed by atoms with Gasteiger partial charge in [-0.2, -0.15) is 0 Å². The van der Waals surface area contributed by atoms with Gasteiger partial charge in [-0.05, 0) is 33.6 Å². The van der Waals surface area contributed by atoms with E-state index in [2.05, 4.69) is 25.6 Å². The number of hydrogen-bond acceptors (Lipinski definition) is 4. The van der Waals surface area contributed by atoms with Crippen LogP contribution in [-0.2, 0) is 30.2 Å². The Kier molecular flexibility index (Phi) is 4.59. The fraction of sp³-hybridized carbons (Fsp3) is 0.250. The molecular weight excluding hydrogens is 344 g/mol. The minimum absolute atomic E-state index is 0.130. The molecule has 0 fully saturated rings. The minimum Gasteiger partial charge on any atom is -0.337 e. The van der Waals surface area contributed by atoms with Crippen molar-refractivity contribution in [3.8, 4) is 0 Å². The summed E-state index contributed by atoms with van der Waals surface area (Å²) >= 11 is 3.25. The van der Waals surface area contributed by atoms with E-state index in [0.29, 0.717) is 10.3 Å². The lowest BCUT2D eigenvalue weighted by atomic mass is 10.2. The Hall–Kier alpha value is -1.22. The first-order chi connectivity index (χ1) is 9.44. The Morgan fingerprint density at radius 3 is 2.80 bits per heavy atom. The molecule has 1 aromatic heterocycles. The zero-order chi connectivity index (χ0) is 14.8. The fourth-order valence-electron chi connectivity index (χ4n) is 1.68. The Morgan fingerprint density at radius 1 is 1.45 bits per heavy atom. The molecule has 108 valence electrons. The smallest absolute Gasteiger partial charge is 0.242 e. The summed E-state index contributed by atoms with van der Waals surface area (Å²) in [4.78, 5) is 4.25. The number of benzene rings is 1. The van der Waals surface area contributed by atoms with Crippen LogP contribution < -0.4 is 10.5 Å². The summed E-state index contributed by atoms with van der Waals surface area (Å²) in [6.45, 7) is 0.417. The van der Waals surface area contributed by atoms with Crippen molar-refractivity contribution in [2.24, 2.45) is 12.8 Å². The van der Waals surface area contributed by atoms with Gasteiger partial charge >= 0.3 is 0 Å². The molecule has 2 aromatic rings. The summed E-state index contributed by atoms with van der Waals surface area (Å²) in [5.74, 6) is 0.639. The predicted octanol–water partition coefficient (Wildman–Crippen LogP) is 1.12. The number of aromatic nitrogens is 2. The predicted molar refractivity (Wildman–Crippen MR) is 79.3 cm³/mol. The molecule has 1 heterocycles. The van der Waals surface area contributed by atoms with Crippen molar-refractivity contribution in [1.82, 2.24) is 14.3 Å². The molecule has 0 atom stereocenters. The highest BCUT2D eigenvalue weighted by atomic mass is 79.9. The van der Waals surface area contributed by atoms with E-state index < -0.39 is 10.0 Å². The average molecular weight is 359 g/mol. The van der Waals surface area contributed by atoms with Crippen molar-refractivity contribution in [3.05, 3.63) is 46.5 Å². The van der Waals surface area contributed by atoms with Crippen molar-refractivity contribution < 1.29 is 8.42 Å². The molecule has 0 amide bonds. The summed E-state index contributed by atoms with van der Waals surface area (Å²) < 4.78 is 29.4. The molecule has 2 rings (SSSR count). The van der Waals surface area contributed by atoms with Gasteiger partial charge in [0.25, 0.3) is 0 Å². The SMILES string of the molecule is Cn1ccnc1CNS(=O)(=O)c1cc(CN)ccc1Br. The third-order valence-corrected chi connectivity index (χ3v) is 5.26. The molecule has 0 aliphatic heterocycles. The second-order valence-electron chi connectivity index (χ2n) is 4.25. The highest BCUT2D eigenvalue weighted by Crippen LogP contribution is 2.23. The lowest BCUT2D eigenvalue weighted by molar-refractivity contribution is 0.577. The van der Waals surface area contributed by atoms with Gasteiger partial charge in [-0.25, -0.2) is 18.1 Å². The van der Waals surface area contributed by atoms with E-state index >= 15 is 0 Å². The van der Waals surface area contributed by atoms with E-state index in [1.165, 1.54) is 0 Å². The lowest BCUT2D eigenvalue weighted by Gasteiger charge is -2.10. The van der Waals surface area contributed by atoms with Crippen LogP contribution in [0.2, 0.25) is 0 Å². The molecule has 3 N–H and O–H groups in total. The van der Waals surface area contributed by atoms with E-state index in [1.807, 2.05) is 7.05 Å². The lowest BCUT2D eigenvalue weighted by Crippen LogP contribution is -2.25. The Labute approximate surface area is 126 Å². The van der Waals surface area contributed by atoms with Gasteiger partial charge in [0.1, 0.15) is 5.82 Å². The number of sulfonamides is 1. The van der Waals surface area contributed by atoms with Gasteiger partial charge in [0.05, 0.1) is 11.4 Å². The van der Waals surface area contributed by atoms with Crippen molar-refractivity contribution in [3.63, 3.8) is 0 Å². The standard InChI is InChI=1S/C12H15BrN4O2S/c1-17-5-4-15-12(17)8-16-20(18,19)11-6-9(7-14)2-3-10(11)13/h2-6,16H,7-8,14H2,1H3. The molecule has 6 nitrogen and oxygen atoms in total. The molecule has 0 aliphatic rings. The van der Waals surface area contributed by atoms with Gasteiger partial charge < -0.3 is 10.3 Å². The summed E-state index contributed by atoms with van der Waals surface area (Å²) in [5, 5.41) is 0. The summed E-state index contributed by atoms with van der Waals surface area (Å²) in [6.07, 6.45) is 3.38. The van der Waals surface area contributed by atoms with E-state index in [4.69, 9.17) is 5.73 Å². The number of halogens is 1.